The van der Waals surface area contributed by atoms with Crippen molar-refractivity contribution in [3.05, 3.63) is 97.2 Å². The number of esters is 2. The Hall–Kier alpha value is -3.07. The number of carbonyl (C=O) groups excluding carboxylic acids is 2. The van der Waals surface area contributed by atoms with E-state index in [4.69, 9.17) is 18.5 Å². The Morgan fingerprint density at radius 2 is 0.871 bits per heavy atom. The Bertz CT molecular complexity index is 1370. The van der Waals surface area contributed by atoms with Crippen LogP contribution < -0.4 is 0 Å². The van der Waals surface area contributed by atoms with Crippen molar-refractivity contribution < 1.29 is 42.1 Å². The quantitative estimate of drug-likeness (QED) is 0.0212. The molecule has 0 radical (unpaired) electrons. The molecule has 0 heterocycles. The van der Waals surface area contributed by atoms with E-state index in [0.717, 1.165) is 44.9 Å². The van der Waals surface area contributed by atoms with Crippen molar-refractivity contribution in [3.63, 3.8) is 0 Å². The van der Waals surface area contributed by atoms with Crippen LogP contribution in [0.5, 0.6) is 0 Å². The molecule has 0 bridgehead atoms. The van der Waals surface area contributed by atoms with Crippen molar-refractivity contribution >= 4 is 19.8 Å². The minimum absolute atomic E-state index is 0.00773. The smallest absolute Gasteiger partial charge is 0.462 e. The summed E-state index contributed by atoms with van der Waals surface area (Å²) in [5.74, 6) is -0.938. The summed E-state index contributed by atoms with van der Waals surface area (Å²) in [7, 11) is 1.40. The maximum Gasteiger partial charge on any atom is 0.472 e. The zero-order chi connectivity index (χ0) is 45.7. The van der Waals surface area contributed by atoms with Gasteiger partial charge in [-0.1, -0.05) is 162 Å². The van der Waals surface area contributed by atoms with Crippen LogP contribution in [0.25, 0.3) is 0 Å². The molecule has 0 spiro atoms. The molecule has 0 saturated heterocycles. The summed E-state index contributed by atoms with van der Waals surface area (Å²) in [6.45, 7) is 4.25. The summed E-state index contributed by atoms with van der Waals surface area (Å²) in [5, 5.41) is 0. The van der Waals surface area contributed by atoms with E-state index in [-0.39, 0.29) is 26.1 Å². The third kappa shape index (κ3) is 46.4. The van der Waals surface area contributed by atoms with Crippen LogP contribution in [0.3, 0.4) is 0 Å². The Morgan fingerprint density at radius 3 is 1.32 bits per heavy atom. The average Bonchev–Trinajstić information content (AvgIpc) is 3.23. The second-order valence-corrected chi connectivity index (χ2v) is 18.2. The van der Waals surface area contributed by atoms with Crippen LogP contribution in [0.1, 0.15) is 168 Å². The molecule has 62 heavy (non-hydrogen) atoms. The Morgan fingerprint density at radius 1 is 0.500 bits per heavy atom. The average molecular weight is 887 g/mol. The van der Waals surface area contributed by atoms with E-state index in [1.165, 1.54) is 77.0 Å². The van der Waals surface area contributed by atoms with Gasteiger partial charge in [-0.25, -0.2) is 4.57 Å². The first-order chi connectivity index (χ1) is 30.0. The van der Waals surface area contributed by atoms with Crippen LogP contribution in [0.2, 0.25) is 0 Å². The van der Waals surface area contributed by atoms with E-state index < -0.39 is 32.5 Å². The maximum atomic E-state index is 12.7. The summed E-state index contributed by atoms with van der Waals surface area (Å²) in [4.78, 5) is 35.4. The van der Waals surface area contributed by atoms with E-state index in [1.807, 2.05) is 27.2 Å². The van der Waals surface area contributed by atoms with Gasteiger partial charge in [0.15, 0.2) is 6.10 Å². The van der Waals surface area contributed by atoms with Crippen molar-refractivity contribution in [2.24, 2.45) is 0 Å². The predicted octanol–water partition coefficient (Wildman–Crippen LogP) is 14.1. The van der Waals surface area contributed by atoms with Gasteiger partial charge in [-0.15, -0.1) is 0 Å². The van der Waals surface area contributed by atoms with Gasteiger partial charge in [-0.05, 0) is 89.9 Å². The summed E-state index contributed by atoms with van der Waals surface area (Å²) >= 11 is 0. The molecule has 10 heteroatoms. The van der Waals surface area contributed by atoms with Crippen molar-refractivity contribution in [2.45, 2.75) is 174 Å². The third-order valence-corrected chi connectivity index (χ3v) is 10.6. The standard InChI is InChI=1S/C52H88NO8P/c1-6-8-10-12-14-16-18-20-22-24-25-26-27-29-30-32-34-36-38-40-42-44-51(54)58-48-50(49-60-62(56,57)59-47-46-53(3,4)5)61-52(55)45-43-41-39-37-35-33-31-28-23-21-19-17-15-13-11-9-7-2/h15,17,21-24,26-27,30-33,36-39,50H,6-14,16,18-20,25,28-29,34-35,40-49H2,1-5H3/p+1/b17-15+,23-21+,24-22+,27-26+,32-30+,33-31+,38-36+,39-37+/t50-/m1/s1. The molecule has 0 saturated carbocycles. The number of unbranched alkanes of at least 4 members (excludes halogenated alkanes) is 12. The number of allylic oxidation sites excluding steroid dienone is 16. The molecule has 0 aliphatic rings. The highest BCUT2D eigenvalue weighted by atomic mass is 31.2. The van der Waals surface area contributed by atoms with Crippen molar-refractivity contribution in [3.8, 4) is 0 Å². The van der Waals surface area contributed by atoms with Crippen LogP contribution in [0.15, 0.2) is 97.2 Å². The predicted molar refractivity (Wildman–Crippen MR) is 261 cm³/mol. The lowest BCUT2D eigenvalue weighted by molar-refractivity contribution is -0.870. The SMILES string of the molecule is CCCCC/C=C/C/C=C/C/C=C/C/C=C/CCCC(=O)O[C@H](COC(=O)CCC/C=C/C/C=C/C/C=C/C/C=C/CCCCCCCCC)COP(=O)(O)OCC[N+](C)(C)C. The number of phosphoric acid groups is 1. The van der Waals surface area contributed by atoms with Crippen molar-refractivity contribution in [2.75, 3.05) is 47.5 Å². The highest BCUT2D eigenvalue weighted by molar-refractivity contribution is 7.47. The Balaban J connectivity index is 4.51. The maximum absolute atomic E-state index is 12.7. The van der Waals surface area contributed by atoms with Gasteiger partial charge in [-0.3, -0.25) is 18.6 Å². The minimum atomic E-state index is -4.41. The Labute approximate surface area is 379 Å². The fourth-order valence-electron chi connectivity index (χ4n) is 5.82. The molecular formula is C52H89NO8P+. The van der Waals surface area contributed by atoms with E-state index in [0.29, 0.717) is 30.3 Å². The molecule has 0 aliphatic heterocycles. The first-order valence-corrected chi connectivity index (χ1v) is 25.5. The molecule has 0 amide bonds. The number of rotatable bonds is 42. The van der Waals surface area contributed by atoms with E-state index in [1.54, 1.807) is 0 Å². The molecule has 1 N–H and O–H groups in total. The fraction of sp³-hybridized carbons (Fsp3) is 0.654. The molecule has 1 unspecified atom stereocenters. The molecule has 9 nitrogen and oxygen atoms in total. The van der Waals surface area contributed by atoms with Crippen molar-refractivity contribution in [1.82, 2.24) is 0 Å². The molecule has 0 aromatic heterocycles. The number of carbonyl (C=O) groups is 2. The molecule has 354 valence electrons. The summed E-state index contributed by atoms with van der Waals surface area (Å²) in [6.07, 6.45) is 57.6. The normalized spacial score (nSPS) is 14.4. The number of likely N-dealkylation sites (N-methyl/N-ethyl adjacent to an activating group) is 1. The number of nitrogens with zero attached hydrogens (tertiary/aromatic N) is 1. The molecule has 0 fully saturated rings. The van der Waals surface area contributed by atoms with Gasteiger partial charge in [0.1, 0.15) is 19.8 Å². The highest BCUT2D eigenvalue weighted by Crippen LogP contribution is 2.43. The fourth-order valence-corrected chi connectivity index (χ4v) is 6.56. The van der Waals surface area contributed by atoms with Gasteiger partial charge in [0, 0.05) is 12.8 Å². The van der Waals surface area contributed by atoms with E-state index in [2.05, 4.69) is 105 Å². The lowest BCUT2D eigenvalue weighted by Gasteiger charge is -2.24. The monoisotopic (exact) mass is 887 g/mol. The first-order valence-electron chi connectivity index (χ1n) is 24.0. The van der Waals surface area contributed by atoms with Crippen LogP contribution >= 0.6 is 7.82 Å². The number of quaternary nitrogens is 1. The van der Waals surface area contributed by atoms with Gasteiger partial charge in [0.25, 0.3) is 0 Å². The van der Waals surface area contributed by atoms with Crippen LogP contribution in [0, 0.1) is 0 Å². The first kappa shape index (κ1) is 58.9. The van der Waals surface area contributed by atoms with Gasteiger partial charge >= 0.3 is 19.8 Å². The largest absolute Gasteiger partial charge is 0.472 e. The van der Waals surface area contributed by atoms with Gasteiger partial charge < -0.3 is 18.9 Å². The minimum Gasteiger partial charge on any atom is -0.462 e. The number of hydrogen-bond donors (Lipinski definition) is 1. The van der Waals surface area contributed by atoms with E-state index in [9.17, 15) is 19.0 Å². The molecule has 0 aromatic rings. The number of hydrogen-bond acceptors (Lipinski definition) is 7. The third-order valence-electron chi connectivity index (χ3n) is 9.59. The molecule has 0 rings (SSSR count). The van der Waals surface area contributed by atoms with Gasteiger partial charge in [0.05, 0.1) is 27.7 Å². The topological polar surface area (TPSA) is 108 Å². The second-order valence-electron chi connectivity index (χ2n) is 16.8. The lowest BCUT2D eigenvalue weighted by Crippen LogP contribution is -2.37. The molecule has 0 aromatic carbocycles. The summed E-state index contributed by atoms with van der Waals surface area (Å²) in [5.41, 5.74) is 0. The van der Waals surface area contributed by atoms with Gasteiger partial charge in [-0.2, -0.15) is 0 Å². The zero-order valence-corrected chi connectivity index (χ0v) is 40.7. The van der Waals surface area contributed by atoms with Crippen LogP contribution in [0.4, 0.5) is 0 Å². The van der Waals surface area contributed by atoms with Crippen LogP contribution in [-0.4, -0.2) is 74.9 Å². The molecular weight excluding hydrogens is 798 g/mol. The van der Waals surface area contributed by atoms with Crippen LogP contribution in [-0.2, 0) is 32.7 Å². The molecule has 0 aliphatic carbocycles. The number of ether oxygens (including phenoxy) is 2. The lowest BCUT2D eigenvalue weighted by atomic mass is 10.1. The molecule has 2 atom stereocenters. The summed E-state index contributed by atoms with van der Waals surface area (Å²) < 4.78 is 34.2. The summed E-state index contributed by atoms with van der Waals surface area (Å²) in [6, 6.07) is 0. The zero-order valence-electron chi connectivity index (χ0n) is 39.8. The Kier molecular flexibility index (Phi) is 41.1. The van der Waals surface area contributed by atoms with Gasteiger partial charge in [0.2, 0.25) is 0 Å². The number of phosphoric ester groups is 1. The highest BCUT2D eigenvalue weighted by Gasteiger charge is 2.27. The second kappa shape index (κ2) is 43.2. The van der Waals surface area contributed by atoms with E-state index >= 15 is 0 Å². The van der Waals surface area contributed by atoms with Crippen molar-refractivity contribution in [1.29, 1.82) is 0 Å².